The van der Waals surface area contributed by atoms with E-state index in [1.165, 1.54) is 18.0 Å². The Balaban J connectivity index is 2.66. The molecule has 15 heavy (non-hydrogen) atoms. The SMILES string of the molecule is CCS/C(N)=N/N=C/c1ccccc1O. The number of nitrogens with two attached hydrogens (primary N) is 1. The van der Waals surface area contributed by atoms with E-state index in [9.17, 15) is 5.11 Å². The van der Waals surface area contributed by atoms with Crippen molar-refractivity contribution in [2.75, 3.05) is 5.75 Å². The molecular formula is C10H13N3OS. The smallest absolute Gasteiger partial charge is 0.180 e. The molecule has 0 spiro atoms. The van der Waals surface area contributed by atoms with Crippen molar-refractivity contribution in [3.63, 3.8) is 0 Å². The summed E-state index contributed by atoms with van der Waals surface area (Å²) in [5, 5.41) is 17.4. The summed E-state index contributed by atoms with van der Waals surface area (Å²) in [5.74, 6) is 1.04. The topological polar surface area (TPSA) is 71.0 Å². The second-order valence-electron chi connectivity index (χ2n) is 2.67. The first-order valence-electron chi connectivity index (χ1n) is 4.51. The minimum atomic E-state index is 0.179. The highest BCUT2D eigenvalue weighted by molar-refractivity contribution is 8.13. The van der Waals surface area contributed by atoms with Crippen LogP contribution in [0, 0.1) is 0 Å². The van der Waals surface area contributed by atoms with Crippen molar-refractivity contribution < 1.29 is 5.11 Å². The first-order valence-corrected chi connectivity index (χ1v) is 5.50. The standard InChI is InChI=1S/C10H13N3OS/c1-2-15-10(11)13-12-7-8-5-3-4-6-9(8)14/h3-7,14H,2H2,1H3,(H2,11,13)/b12-7+. The molecule has 0 saturated heterocycles. The molecule has 3 N–H and O–H groups in total. The van der Waals surface area contributed by atoms with Gasteiger partial charge in [-0.15, -0.1) is 5.10 Å². The minimum Gasteiger partial charge on any atom is -0.507 e. The number of phenols is 1. The zero-order chi connectivity index (χ0) is 11.1. The van der Waals surface area contributed by atoms with Crippen LogP contribution in [0.5, 0.6) is 5.75 Å². The molecule has 0 atom stereocenters. The van der Waals surface area contributed by atoms with Crippen LogP contribution in [0.1, 0.15) is 12.5 Å². The van der Waals surface area contributed by atoms with E-state index in [4.69, 9.17) is 5.73 Å². The van der Waals surface area contributed by atoms with Gasteiger partial charge >= 0.3 is 0 Å². The van der Waals surface area contributed by atoms with Crippen molar-refractivity contribution in [3.8, 4) is 5.75 Å². The average molecular weight is 223 g/mol. The van der Waals surface area contributed by atoms with E-state index in [2.05, 4.69) is 10.2 Å². The highest BCUT2D eigenvalue weighted by Gasteiger charge is 1.94. The Bertz CT molecular complexity index is 377. The quantitative estimate of drug-likeness (QED) is 0.466. The summed E-state index contributed by atoms with van der Waals surface area (Å²) in [5.41, 5.74) is 6.14. The van der Waals surface area contributed by atoms with E-state index >= 15 is 0 Å². The molecule has 5 heteroatoms. The number of amidine groups is 1. The molecule has 0 aliphatic rings. The first kappa shape index (κ1) is 11.6. The molecule has 0 amide bonds. The number of aromatic hydroxyl groups is 1. The number of phenolic OH excluding ortho intramolecular Hbond substituents is 1. The van der Waals surface area contributed by atoms with Gasteiger partial charge in [-0.05, 0) is 17.9 Å². The lowest BCUT2D eigenvalue weighted by Crippen LogP contribution is -2.05. The third kappa shape index (κ3) is 4.03. The minimum absolute atomic E-state index is 0.179. The molecule has 1 aromatic rings. The van der Waals surface area contributed by atoms with Crippen LogP contribution < -0.4 is 5.73 Å². The summed E-state index contributed by atoms with van der Waals surface area (Å²) in [6.07, 6.45) is 1.47. The van der Waals surface area contributed by atoms with Crippen molar-refractivity contribution >= 4 is 23.1 Å². The van der Waals surface area contributed by atoms with E-state index in [0.29, 0.717) is 10.7 Å². The Labute approximate surface area is 92.9 Å². The molecule has 80 valence electrons. The third-order valence-electron chi connectivity index (χ3n) is 1.58. The van der Waals surface area contributed by atoms with Gasteiger partial charge < -0.3 is 10.8 Å². The van der Waals surface area contributed by atoms with E-state index in [1.807, 2.05) is 13.0 Å². The lowest BCUT2D eigenvalue weighted by Gasteiger charge is -1.95. The summed E-state index contributed by atoms with van der Waals surface area (Å²) in [6, 6.07) is 6.90. The van der Waals surface area contributed by atoms with Gasteiger partial charge in [-0.2, -0.15) is 5.10 Å². The van der Waals surface area contributed by atoms with E-state index in [-0.39, 0.29) is 5.75 Å². The van der Waals surface area contributed by atoms with Gasteiger partial charge in [0.1, 0.15) is 5.75 Å². The predicted octanol–water partition coefficient (Wildman–Crippen LogP) is 1.79. The Hall–Kier alpha value is -1.49. The normalized spacial score (nSPS) is 12.2. The highest BCUT2D eigenvalue weighted by Crippen LogP contribution is 2.12. The van der Waals surface area contributed by atoms with Crippen molar-refractivity contribution in [2.24, 2.45) is 15.9 Å². The van der Waals surface area contributed by atoms with E-state index in [0.717, 1.165) is 5.75 Å². The molecule has 0 heterocycles. The van der Waals surface area contributed by atoms with Crippen LogP contribution in [0.4, 0.5) is 0 Å². The van der Waals surface area contributed by atoms with E-state index in [1.54, 1.807) is 18.2 Å². The molecule has 0 aliphatic heterocycles. The van der Waals surface area contributed by atoms with Gasteiger partial charge in [-0.25, -0.2) is 0 Å². The lowest BCUT2D eigenvalue weighted by atomic mass is 10.2. The Morgan fingerprint density at radius 3 is 2.93 bits per heavy atom. The van der Waals surface area contributed by atoms with Crippen molar-refractivity contribution in [1.29, 1.82) is 0 Å². The third-order valence-corrected chi connectivity index (χ3v) is 2.25. The van der Waals surface area contributed by atoms with Gasteiger partial charge in [-0.3, -0.25) is 0 Å². The van der Waals surface area contributed by atoms with Crippen molar-refractivity contribution in [2.45, 2.75) is 6.92 Å². The van der Waals surface area contributed by atoms with Gasteiger partial charge in [-0.1, -0.05) is 30.8 Å². The summed E-state index contributed by atoms with van der Waals surface area (Å²) >= 11 is 1.42. The fourth-order valence-electron chi connectivity index (χ4n) is 0.921. The van der Waals surface area contributed by atoms with Crippen LogP contribution in [-0.2, 0) is 0 Å². The summed E-state index contributed by atoms with van der Waals surface area (Å²) < 4.78 is 0. The van der Waals surface area contributed by atoms with Crippen molar-refractivity contribution in [1.82, 2.24) is 0 Å². The van der Waals surface area contributed by atoms with Crippen LogP contribution in [0.15, 0.2) is 34.5 Å². The fourth-order valence-corrected chi connectivity index (χ4v) is 1.32. The molecule has 0 bridgehead atoms. The largest absolute Gasteiger partial charge is 0.507 e. The average Bonchev–Trinajstić information content (AvgIpc) is 2.21. The summed E-state index contributed by atoms with van der Waals surface area (Å²) in [6.45, 7) is 1.99. The molecule has 1 aromatic carbocycles. The molecular weight excluding hydrogens is 210 g/mol. The summed E-state index contributed by atoms with van der Waals surface area (Å²) in [4.78, 5) is 0. The monoisotopic (exact) mass is 223 g/mol. The Kier molecular flexibility index (Phi) is 4.70. The molecule has 1 rings (SSSR count). The lowest BCUT2D eigenvalue weighted by molar-refractivity contribution is 0.474. The number of hydrogen-bond donors (Lipinski definition) is 2. The second-order valence-corrected chi connectivity index (χ2v) is 3.96. The first-order chi connectivity index (χ1) is 7.24. The molecule has 0 fully saturated rings. The fraction of sp³-hybridized carbons (Fsp3) is 0.200. The molecule has 0 unspecified atom stereocenters. The predicted molar refractivity (Wildman–Crippen MR) is 65.5 cm³/mol. The van der Waals surface area contributed by atoms with Gasteiger partial charge in [0.15, 0.2) is 5.17 Å². The molecule has 0 saturated carbocycles. The highest BCUT2D eigenvalue weighted by atomic mass is 32.2. The number of hydrogen-bond acceptors (Lipinski definition) is 4. The molecule has 0 radical (unpaired) electrons. The Morgan fingerprint density at radius 1 is 1.53 bits per heavy atom. The number of rotatable bonds is 3. The maximum atomic E-state index is 9.40. The van der Waals surface area contributed by atoms with Crippen molar-refractivity contribution in [3.05, 3.63) is 29.8 Å². The Morgan fingerprint density at radius 2 is 2.27 bits per heavy atom. The van der Waals surface area contributed by atoms with Crippen LogP contribution >= 0.6 is 11.8 Å². The van der Waals surface area contributed by atoms with Gasteiger partial charge in [0.25, 0.3) is 0 Å². The second kappa shape index (κ2) is 6.08. The van der Waals surface area contributed by atoms with Gasteiger partial charge in [0.2, 0.25) is 0 Å². The van der Waals surface area contributed by atoms with Crippen LogP contribution in [0.25, 0.3) is 0 Å². The number of para-hydroxylation sites is 1. The number of thioether (sulfide) groups is 1. The molecule has 0 aliphatic carbocycles. The van der Waals surface area contributed by atoms with Gasteiger partial charge in [0.05, 0.1) is 6.21 Å². The van der Waals surface area contributed by atoms with Crippen LogP contribution in [0.2, 0.25) is 0 Å². The maximum Gasteiger partial charge on any atom is 0.180 e. The van der Waals surface area contributed by atoms with Crippen LogP contribution in [-0.4, -0.2) is 22.2 Å². The zero-order valence-corrected chi connectivity index (χ0v) is 9.24. The van der Waals surface area contributed by atoms with Crippen LogP contribution in [0.3, 0.4) is 0 Å². The number of benzene rings is 1. The number of nitrogens with zero attached hydrogens (tertiary/aromatic N) is 2. The van der Waals surface area contributed by atoms with Gasteiger partial charge in [0, 0.05) is 5.56 Å². The maximum absolute atomic E-state index is 9.40. The van der Waals surface area contributed by atoms with E-state index < -0.39 is 0 Å². The molecule has 4 nitrogen and oxygen atoms in total. The zero-order valence-electron chi connectivity index (χ0n) is 8.42. The summed E-state index contributed by atoms with van der Waals surface area (Å²) in [7, 11) is 0. The molecule has 0 aromatic heterocycles.